The van der Waals surface area contributed by atoms with Crippen molar-refractivity contribution in [2.45, 2.75) is 63.8 Å². The van der Waals surface area contributed by atoms with Crippen LogP contribution in [0.4, 0.5) is 0 Å². The minimum atomic E-state index is -0.620. The molecule has 0 amide bonds. The van der Waals surface area contributed by atoms with E-state index in [1.54, 1.807) is 0 Å². The highest BCUT2D eigenvalue weighted by atomic mass is 35.5. The molecule has 0 spiro atoms. The average Bonchev–Trinajstić information content (AvgIpc) is 2.82. The number of nitrogens with zero attached hydrogens (tertiary/aromatic N) is 1. The summed E-state index contributed by atoms with van der Waals surface area (Å²) in [5, 5.41) is 9.18. The summed E-state index contributed by atoms with van der Waals surface area (Å²) in [5.41, 5.74) is 0. The summed E-state index contributed by atoms with van der Waals surface area (Å²) >= 11 is 0. The van der Waals surface area contributed by atoms with Crippen molar-refractivity contribution in [2.24, 2.45) is 5.92 Å². The molecule has 1 unspecified atom stereocenters. The van der Waals surface area contributed by atoms with Crippen LogP contribution in [0.1, 0.15) is 57.8 Å². The lowest BCUT2D eigenvalue weighted by Crippen LogP contribution is -2.45. The lowest BCUT2D eigenvalue weighted by molar-refractivity contribution is -0.144. The van der Waals surface area contributed by atoms with Crippen LogP contribution in [0.2, 0.25) is 0 Å². The molecule has 2 aliphatic rings. The Morgan fingerprint density at radius 1 is 1.11 bits per heavy atom. The second kappa shape index (κ2) is 8.00. The van der Waals surface area contributed by atoms with Crippen molar-refractivity contribution in [3.63, 3.8) is 0 Å². The number of piperidine rings is 1. The Morgan fingerprint density at radius 2 is 1.78 bits per heavy atom. The highest BCUT2D eigenvalue weighted by Gasteiger charge is 2.27. The molecule has 18 heavy (non-hydrogen) atoms. The molecule has 0 aromatic rings. The fourth-order valence-corrected chi connectivity index (χ4v) is 3.42. The Morgan fingerprint density at radius 3 is 2.44 bits per heavy atom. The van der Waals surface area contributed by atoms with Gasteiger partial charge in [0.05, 0.1) is 0 Å². The van der Waals surface area contributed by atoms with Crippen molar-refractivity contribution in [3.8, 4) is 0 Å². The van der Waals surface area contributed by atoms with Gasteiger partial charge in [-0.05, 0) is 44.7 Å². The van der Waals surface area contributed by atoms with Gasteiger partial charge < -0.3 is 5.11 Å². The maximum atomic E-state index is 11.1. The maximum Gasteiger partial charge on any atom is 0.320 e. The zero-order valence-electron chi connectivity index (χ0n) is 11.1. The fraction of sp³-hybridized carbons (Fsp3) is 0.929. The summed E-state index contributed by atoms with van der Waals surface area (Å²) in [4.78, 5) is 13.3. The number of carboxylic acid groups (broad SMARTS) is 1. The van der Waals surface area contributed by atoms with Crippen LogP contribution in [0.15, 0.2) is 0 Å². The third kappa shape index (κ3) is 4.43. The van der Waals surface area contributed by atoms with Crippen molar-refractivity contribution in [1.29, 1.82) is 0 Å². The van der Waals surface area contributed by atoms with Crippen molar-refractivity contribution in [3.05, 3.63) is 0 Å². The number of carbonyl (C=O) groups is 1. The molecule has 3 nitrogen and oxygen atoms in total. The molecule has 1 aliphatic heterocycles. The zero-order valence-corrected chi connectivity index (χ0v) is 12.0. The molecule has 2 fully saturated rings. The number of hydrogen-bond donors (Lipinski definition) is 1. The Kier molecular flexibility index (Phi) is 7.02. The van der Waals surface area contributed by atoms with Crippen LogP contribution in [0.5, 0.6) is 0 Å². The fourth-order valence-electron chi connectivity index (χ4n) is 3.42. The van der Waals surface area contributed by atoms with Gasteiger partial charge >= 0.3 is 5.97 Å². The van der Waals surface area contributed by atoms with E-state index in [0.717, 1.165) is 31.8 Å². The van der Waals surface area contributed by atoms with Crippen LogP contribution in [0.25, 0.3) is 0 Å². The van der Waals surface area contributed by atoms with E-state index in [1.807, 2.05) is 0 Å². The number of halogens is 1. The second-order valence-corrected chi connectivity index (χ2v) is 5.68. The quantitative estimate of drug-likeness (QED) is 0.837. The van der Waals surface area contributed by atoms with Gasteiger partial charge in [0, 0.05) is 0 Å². The molecule has 2 rings (SSSR count). The first-order valence-corrected chi connectivity index (χ1v) is 7.24. The van der Waals surface area contributed by atoms with Gasteiger partial charge in [-0.1, -0.05) is 32.1 Å². The minimum Gasteiger partial charge on any atom is -0.480 e. The topological polar surface area (TPSA) is 40.5 Å². The van der Waals surface area contributed by atoms with Gasteiger partial charge in [-0.2, -0.15) is 0 Å². The minimum absolute atomic E-state index is 0. The molecule has 0 radical (unpaired) electrons. The molecule has 1 N–H and O–H groups in total. The lowest BCUT2D eigenvalue weighted by Gasteiger charge is -2.33. The third-order valence-corrected chi connectivity index (χ3v) is 4.43. The summed E-state index contributed by atoms with van der Waals surface area (Å²) in [7, 11) is 0. The molecule has 0 aromatic carbocycles. The molecule has 1 aliphatic carbocycles. The van der Waals surface area contributed by atoms with Crippen molar-refractivity contribution >= 4 is 18.4 Å². The number of aliphatic carboxylic acids is 1. The van der Waals surface area contributed by atoms with Gasteiger partial charge in [-0.25, -0.2) is 0 Å². The molecule has 106 valence electrons. The van der Waals surface area contributed by atoms with Crippen molar-refractivity contribution in [2.75, 3.05) is 13.1 Å². The standard InChI is InChI=1S/C14H25NO2.ClH/c16-14(17)13-9-3-4-10-15(13)11-5-8-12-6-1-2-7-12;/h12-13H,1-11H2,(H,16,17);1H. The van der Waals surface area contributed by atoms with E-state index in [1.165, 1.54) is 44.9 Å². The van der Waals surface area contributed by atoms with E-state index in [4.69, 9.17) is 0 Å². The monoisotopic (exact) mass is 275 g/mol. The number of hydrogen-bond acceptors (Lipinski definition) is 2. The van der Waals surface area contributed by atoms with E-state index in [2.05, 4.69) is 4.90 Å². The van der Waals surface area contributed by atoms with Gasteiger partial charge in [0.2, 0.25) is 0 Å². The summed E-state index contributed by atoms with van der Waals surface area (Å²) in [5.74, 6) is 0.314. The first-order valence-electron chi connectivity index (χ1n) is 7.24. The predicted molar refractivity (Wildman–Crippen MR) is 75.3 cm³/mol. The van der Waals surface area contributed by atoms with Crippen LogP contribution in [-0.2, 0) is 4.79 Å². The van der Waals surface area contributed by atoms with Crippen molar-refractivity contribution < 1.29 is 9.90 Å². The first-order chi connectivity index (χ1) is 8.27. The predicted octanol–water partition coefficient (Wildman–Crippen LogP) is 3.32. The second-order valence-electron chi connectivity index (χ2n) is 5.68. The number of carboxylic acids is 1. The highest BCUT2D eigenvalue weighted by molar-refractivity contribution is 5.85. The van der Waals surface area contributed by atoms with E-state index >= 15 is 0 Å². The van der Waals surface area contributed by atoms with Gasteiger partial charge in [0.25, 0.3) is 0 Å². The Bertz CT molecular complexity index is 254. The Balaban J connectivity index is 0.00000162. The molecular formula is C14H26ClNO2. The van der Waals surface area contributed by atoms with E-state index in [0.29, 0.717) is 0 Å². The maximum absolute atomic E-state index is 11.1. The highest BCUT2D eigenvalue weighted by Crippen LogP contribution is 2.29. The van der Waals surface area contributed by atoms with E-state index in [-0.39, 0.29) is 18.4 Å². The van der Waals surface area contributed by atoms with Crippen LogP contribution in [-0.4, -0.2) is 35.1 Å². The van der Waals surface area contributed by atoms with Crippen LogP contribution in [0, 0.1) is 5.92 Å². The summed E-state index contributed by atoms with van der Waals surface area (Å²) < 4.78 is 0. The molecule has 1 heterocycles. The Hall–Kier alpha value is -0.280. The normalized spacial score (nSPS) is 25.9. The summed E-state index contributed by atoms with van der Waals surface area (Å²) in [6.45, 7) is 1.98. The average molecular weight is 276 g/mol. The van der Waals surface area contributed by atoms with Crippen molar-refractivity contribution in [1.82, 2.24) is 4.90 Å². The molecule has 1 saturated heterocycles. The van der Waals surface area contributed by atoms with Crippen LogP contribution in [0.3, 0.4) is 0 Å². The number of likely N-dealkylation sites (tertiary alicyclic amines) is 1. The molecule has 1 saturated carbocycles. The molecule has 4 heteroatoms. The zero-order chi connectivity index (χ0) is 12.1. The first kappa shape index (κ1) is 15.8. The Labute approximate surface area is 116 Å². The smallest absolute Gasteiger partial charge is 0.320 e. The van der Waals surface area contributed by atoms with E-state index < -0.39 is 5.97 Å². The molecule has 0 bridgehead atoms. The summed E-state index contributed by atoms with van der Waals surface area (Å²) in [6, 6.07) is -0.202. The van der Waals surface area contributed by atoms with Crippen LogP contribution >= 0.6 is 12.4 Å². The SMILES string of the molecule is Cl.O=C(O)C1CCCCN1CCCC1CCCC1. The van der Waals surface area contributed by atoms with E-state index in [9.17, 15) is 9.90 Å². The van der Waals surface area contributed by atoms with Gasteiger partial charge in [-0.15, -0.1) is 12.4 Å². The molecule has 0 aromatic heterocycles. The van der Waals surface area contributed by atoms with Gasteiger partial charge in [0.1, 0.15) is 6.04 Å². The van der Waals surface area contributed by atoms with Gasteiger partial charge in [0.15, 0.2) is 0 Å². The third-order valence-electron chi connectivity index (χ3n) is 4.43. The van der Waals surface area contributed by atoms with Crippen LogP contribution < -0.4 is 0 Å². The molecule has 1 atom stereocenters. The number of rotatable bonds is 5. The molecular weight excluding hydrogens is 250 g/mol. The largest absolute Gasteiger partial charge is 0.480 e. The summed E-state index contributed by atoms with van der Waals surface area (Å²) in [6.07, 6.45) is 11.2. The lowest BCUT2D eigenvalue weighted by atomic mass is 9.99. The van der Waals surface area contributed by atoms with Gasteiger partial charge in [-0.3, -0.25) is 9.69 Å².